The zero-order valence-electron chi connectivity index (χ0n) is 6.87. The molecule has 0 amide bonds. The number of aromatic hydroxyl groups is 1. The third-order valence-corrected chi connectivity index (χ3v) is 1.66. The van der Waals surface area contributed by atoms with Gasteiger partial charge in [0, 0.05) is 0 Å². The van der Waals surface area contributed by atoms with Crippen molar-refractivity contribution in [3.8, 4) is 5.75 Å². The average Bonchev–Trinajstić information content (AvgIpc) is 2.04. The minimum absolute atomic E-state index is 0.0523. The van der Waals surface area contributed by atoms with Gasteiger partial charge in [0.2, 0.25) is 0 Å². The van der Waals surface area contributed by atoms with Gasteiger partial charge in [0.15, 0.2) is 12.1 Å². The molecule has 3 nitrogen and oxygen atoms in total. The lowest BCUT2D eigenvalue weighted by molar-refractivity contribution is 0.101. The van der Waals surface area contributed by atoms with E-state index in [1.165, 1.54) is 6.92 Å². The van der Waals surface area contributed by atoms with E-state index in [-0.39, 0.29) is 11.8 Å². The van der Waals surface area contributed by atoms with Gasteiger partial charge in [-0.25, -0.2) is 4.39 Å². The summed E-state index contributed by atoms with van der Waals surface area (Å²) in [6.07, 6.45) is 0.178. The van der Waals surface area contributed by atoms with Gasteiger partial charge in [-0.2, -0.15) is 0 Å². The smallest absolute Gasteiger partial charge is 0.163 e. The molecule has 0 aliphatic carbocycles. The second-order valence-corrected chi connectivity index (χ2v) is 2.53. The van der Waals surface area contributed by atoms with Gasteiger partial charge in [0.05, 0.1) is 11.1 Å². The van der Waals surface area contributed by atoms with Gasteiger partial charge in [-0.1, -0.05) is 0 Å². The average molecular weight is 182 g/mol. The molecule has 4 heteroatoms. The molecule has 0 saturated carbocycles. The fraction of sp³-hybridized carbons (Fsp3) is 0.111. The second-order valence-electron chi connectivity index (χ2n) is 2.53. The Kier molecular flexibility index (Phi) is 2.41. The topological polar surface area (TPSA) is 54.4 Å². The molecule has 0 aromatic heterocycles. The minimum atomic E-state index is -0.836. The number of hydrogen-bond donors (Lipinski definition) is 1. The van der Waals surface area contributed by atoms with Crippen molar-refractivity contribution in [2.75, 3.05) is 0 Å². The number of phenols is 1. The predicted octanol–water partition coefficient (Wildman–Crippen LogP) is 1.55. The fourth-order valence-corrected chi connectivity index (χ4v) is 0.980. The van der Waals surface area contributed by atoms with Gasteiger partial charge >= 0.3 is 0 Å². The summed E-state index contributed by atoms with van der Waals surface area (Å²) in [5.41, 5.74) is -0.531. The van der Waals surface area contributed by atoms with Crippen molar-refractivity contribution in [1.29, 1.82) is 0 Å². The molecule has 0 fully saturated rings. The Morgan fingerprint density at radius 2 is 2.15 bits per heavy atom. The maximum atomic E-state index is 12.8. The Labute approximate surface area is 73.8 Å². The molecule has 0 atom stereocenters. The van der Waals surface area contributed by atoms with Crippen molar-refractivity contribution >= 4 is 12.1 Å². The molecule has 0 aliphatic heterocycles. The standard InChI is InChI=1S/C9H7FO3/c1-5(12)6-2-3-8(10)7(4-11)9(6)13/h2-4,13H,1H3. The quantitative estimate of drug-likeness (QED) is 0.557. The lowest BCUT2D eigenvalue weighted by Crippen LogP contribution is -1.98. The van der Waals surface area contributed by atoms with E-state index in [4.69, 9.17) is 0 Å². The van der Waals surface area contributed by atoms with E-state index < -0.39 is 22.9 Å². The van der Waals surface area contributed by atoms with Crippen LogP contribution in [0.4, 0.5) is 4.39 Å². The van der Waals surface area contributed by atoms with E-state index in [2.05, 4.69) is 0 Å². The molecule has 68 valence electrons. The van der Waals surface area contributed by atoms with Crippen LogP contribution in [-0.4, -0.2) is 17.2 Å². The first-order valence-electron chi connectivity index (χ1n) is 3.55. The van der Waals surface area contributed by atoms with Crippen LogP contribution in [0.5, 0.6) is 5.75 Å². The Bertz CT molecular complexity index is 371. The van der Waals surface area contributed by atoms with Crippen molar-refractivity contribution in [1.82, 2.24) is 0 Å². The normalized spacial score (nSPS) is 9.69. The van der Waals surface area contributed by atoms with Crippen LogP contribution in [0.3, 0.4) is 0 Å². The fourth-order valence-electron chi connectivity index (χ4n) is 0.980. The van der Waals surface area contributed by atoms with E-state index in [1.807, 2.05) is 0 Å². The van der Waals surface area contributed by atoms with Crippen LogP contribution < -0.4 is 0 Å². The molecule has 0 unspecified atom stereocenters. The van der Waals surface area contributed by atoms with Gasteiger partial charge < -0.3 is 5.11 Å². The van der Waals surface area contributed by atoms with Crippen molar-refractivity contribution in [2.45, 2.75) is 6.92 Å². The zero-order chi connectivity index (χ0) is 10.0. The lowest BCUT2D eigenvalue weighted by Gasteiger charge is -2.03. The van der Waals surface area contributed by atoms with E-state index >= 15 is 0 Å². The Morgan fingerprint density at radius 3 is 2.62 bits per heavy atom. The van der Waals surface area contributed by atoms with Crippen molar-refractivity contribution in [3.63, 3.8) is 0 Å². The van der Waals surface area contributed by atoms with Crippen LogP contribution >= 0.6 is 0 Å². The molecule has 0 spiro atoms. The number of Topliss-reactive ketones (excluding diaryl/α,β-unsaturated/α-hetero) is 1. The highest BCUT2D eigenvalue weighted by atomic mass is 19.1. The lowest BCUT2D eigenvalue weighted by atomic mass is 10.1. The van der Waals surface area contributed by atoms with Gasteiger partial charge in [-0.05, 0) is 19.1 Å². The summed E-state index contributed by atoms with van der Waals surface area (Å²) in [5, 5.41) is 9.25. The van der Waals surface area contributed by atoms with Crippen molar-refractivity contribution in [2.24, 2.45) is 0 Å². The Balaban J connectivity index is 3.44. The first-order valence-corrected chi connectivity index (χ1v) is 3.55. The molecule has 0 bridgehead atoms. The number of halogens is 1. The number of carbonyl (C=O) groups is 2. The Hall–Kier alpha value is -1.71. The van der Waals surface area contributed by atoms with Crippen LogP contribution in [0.2, 0.25) is 0 Å². The molecule has 1 aromatic rings. The third kappa shape index (κ3) is 1.56. The summed E-state index contributed by atoms with van der Waals surface area (Å²) >= 11 is 0. The van der Waals surface area contributed by atoms with Gasteiger partial charge in [0.1, 0.15) is 11.6 Å². The second kappa shape index (κ2) is 3.35. The van der Waals surface area contributed by atoms with E-state index in [9.17, 15) is 19.1 Å². The number of ketones is 1. The van der Waals surface area contributed by atoms with Crippen LogP contribution in [0.25, 0.3) is 0 Å². The molecule has 1 rings (SSSR count). The summed E-state index contributed by atoms with van der Waals surface area (Å²) < 4.78 is 12.8. The predicted molar refractivity (Wildman–Crippen MR) is 43.5 cm³/mol. The molecule has 0 aliphatic rings. The van der Waals surface area contributed by atoms with Crippen molar-refractivity contribution in [3.05, 3.63) is 29.1 Å². The van der Waals surface area contributed by atoms with E-state index in [0.717, 1.165) is 12.1 Å². The number of phenolic OH excluding ortho intramolecular Hbond substituents is 1. The number of benzene rings is 1. The molecular weight excluding hydrogens is 175 g/mol. The van der Waals surface area contributed by atoms with Crippen molar-refractivity contribution < 1.29 is 19.1 Å². The maximum absolute atomic E-state index is 12.8. The first-order chi connectivity index (χ1) is 6.07. The van der Waals surface area contributed by atoms with Crippen LogP contribution in [0, 0.1) is 5.82 Å². The van der Waals surface area contributed by atoms with E-state index in [1.54, 1.807) is 0 Å². The highest BCUT2D eigenvalue weighted by Crippen LogP contribution is 2.23. The molecule has 1 N–H and O–H groups in total. The SMILES string of the molecule is CC(=O)c1ccc(F)c(C=O)c1O. The molecule has 0 heterocycles. The summed E-state index contributed by atoms with van der Waals surface area (Å²) in [6, 6.07) is 2.11. The van der Waals surface area contributed by atoms with Gasteiger partial charge in [0.25, 0.3) is 0 Å². The Morgan fingerprint density at radius 1 is 1.54 bits per heavy atom. The molecule has 0 radical (unpaired) electrons. The summed E-state index contributed by atoms with van der Waals surface area (Å²) in [4.78, 5) is 21.2. The zero-order valence-corrected chi connectivity index (χ0v) is 6.87. The third-order valence-electron chi connectivity index (χ3n) is 1.66. The van der Waals surface area contributed by atoms with E-state index in [0.29, 0.717) is 0 Å². The van der Waals surface area contributed by atoms with Crippen LogP contribution in [0.15, 0.2) is 12.1 Å². The largest absolute Gasteiger partial charge is 0.506 e. The van der Waals surface area contributed by atoms with Crippen LogP contribution in [-0.2, 0) is 0 Å². The number of hydrogen-bond acceptors (Lipinski definition) is 3. The maximum Gasteiger partial charge on any atom is 0.163 e. The number of rotatable bonds is 2. The van der Waals surface area contributed by atoms with Gasteiger partial charge in [-0.3, -0.25) is 9.59 Å². The summed E-state index contributed by atoms with van der Waals surface area (Å²) in [6.45, 7) is 1.22. The monoisotopic (exact) mass is 182 g/mol. The molecular formula is C9H7FO3. The number of aldehydes is 1. The first kappa shape index (κ1) is 9.38. The molecule has 1 aromatic carbocycles. The highest BCUT2D eigenvalue weighted by Gasteiger charge is 2.14. The minimum Gasteiger partial charge on any atom is -0.506 e. The number of carbonyl (C=O) groups excluding carboxylic acids is 2. The summed E-state index contributed by atoms with van der Waals surface area (Å²) in [7, 11) is 0. The molecule has 13 heavy (non-hydrogen) atoms. The van der Waals surface area contributed by atoms with Crippen LogP contribution in [0.1, 0.15) is 27.6 Å². The highest BCUT2D eigenvalue weighted by molar-refractivity contribution is 5.99. The van der Waals surface area contributed by atoms with Gasteiger partial charge in [-0.15, -0.1) is 0 Å². The summed E-state index contributed by atoms with van der Waals surface area (Å²) in [5.74, 6) is -1.85. The molecule has 0 saturated heterocycles.